The van der Waals surface area contributed by atoms with Crippen LogP contribution in [0.15, 0.2) is 46.2 Å². The van der Waals surface area contributed by atoms with E-state index in [0.717, 1.165) is 33.8 Å². The van der Waals surface area contributed by atoms with Gasteiger partial charge in [0.1, 0.15) is 12.4 Å². The smallest absolute Gasteiger partial charge is 0.200 e. The van der Waals surface area contributed by atoms with Crippen LogP contribution in [0, 0.1) is 19.5 Å². The minimum absolute atomic E-state index is 0.0864. The van der Waals surface area contributed by atoms with Crippen molar-refractivity contribution in [1.29, 1.82) is 0 Å². The second-order valence-electron chi connectivity index (χ2n) is 4.74. The molecule has 23 heavy (non-hydrogen) atoms. The van der Waals surface area contributed by atoms with Gasteiger partial charge in [0.05, 0.1) is 12.0 Å². The van der Waals surface area contributed by atoms with E-state index < -0.39 is 0 Å². The first kappa shape index (κ1) is 16.9. The van der Waals surface area contributed by atoms with E-state index >= 15 is 0 Å². The number of hydrogen-bond acceptors (Lipinski definition) is 3. The monoisotopic (exact) mass is 544 g/mol. The lowest BCUT2D eigenvalue weighted by Crippen LogP contribution is -1.99. The minimum atomic E-state index is 0.0864. The Bertz CT molecular complexity index is 843. The number of thioether (sulfide) groups is 1. The molecule has 2 aromatic carbocycles. The number of allylic oxidation sites excluding steroid dienone is 1. The van der Waals surface area contributed by atoms with E-state index in [-0.39, 0.29) is 12.4 Å². The first-order valence-electron chi connectivity index (χ1n) is 6.68. The van der Waals surface area contributed by atoms with E-state index in [2.05, 4.69) is 51.1 Å². The fourth-order valence-electron chi connectivity index (χ4n) is 2.20. The van der Waals surface area contributed by atoms with E-state index in [1.54, 1.807) is 0 Å². The first-order chi connectivity index (χ1) is 11.1. The molecule has 1 heterocycles. The van der Waals surface area contributed by atoms with Crippen LogP contribution in [0.4, 0.5) is 0 Å². The van der Waals surface area contributed by atoms with E-state index in [4.69, 9.17) is 11.2 Å². The summed E-state index contributed by atoms with van der Waals surface area (Å²) in [6, 6.07) is 11.7. The van der Waals surface area contributed by atoms with Crippen molar-refractivity contribution < 1.29 is 9.53 Å². The van der Waals surface area contributed by atoms with Crippen LogP contribution in [0.2, 0.25) is 0 Å². The summed E-state index contributed by atoms with van der Waals surface area (Å²) in [6.45, 7) is 0.246. The third-order valence-electron chi connectivity index (χ3n) is 3.19. The molecule has 0 atom stereocenters. The first-order valence-corrected chi connectivity index (χ1v) is 9.66. The quantitative estimate of drug-likeness (QED) is 0.301. The molecule has 5 heteroatoms. The molecule has 1 aliphatic rings. The third kappa shape index (κ3) is 3.59. The molecule has 0 bridgehead atoms. The second kappa shape index (κ2) is 7.28. The van der Waals surface area contributed by atoms with E-state index in [1.165, 1.54) is 11.8 Å². The van der Waals surface area contributed by atoms with Crippen LogP contribution in [-0.4, -0.2) is 12.4 Å². The Hall–Kier alpha value is -0.980. The molecule has 0 radical (unpaired) electrons. The summed E-state index contributed by atoms with van der Waals surface area (Å²) in [6.07, 6.45) is 7.18. The number of rotatable bonds is 3. The number of ether oxygens (including phenoxy) is 1. The molecule has 2 nitrogen and oxygen atoms in total. The molecular formula is C18H10I2O2S. The molecule has 0 aliphatic carbocycles. The number of carbonyl (C=O) groups excluding carboxylic acids is 1. The van der Waals surface area contributed by atoms with Gasteiger partial charge in [-0.3, -0.25) is 4.79 Å². The van der Waals surface area contributed by atoms with Gasteiger partial charge in [-0.25, -0.2) is 0 Å². The van der Waals surface area contributed by atoms with Gasteiger partial charge < -0.3 is 4.74 Å². The predicted octanol–water partition coefficient (Wildman–Crippen LogP) is 5.24. The Labute approximate surface area is 166 Å². The molecular weight excluding hydrogens is 534 g/mol. The van der Waals surface area contributed by atoms with Crippen molar-refractivity contribution in [3.63, 3.8) is 0 Å². The molecule has 114 valence electrons. The Morgan fingerprint density at radius 3 is 2.57 bits per heavy atom. The number of Topliss-reactive ketones (excluding diaryl/α,β-unsaturated/α-hetero) is 1. The van der Waals surface area contributed by atoms with Gasteiger partial charge in [0.15, 0.2) is 0 Å². The molecule has 0 saturated heterocycles. The van der Waals surface area contributed by atoms with Crippen LogP contribution in [0.1, 0.15) is 15.9 Å². The number of halogens is 2. The summed E-state index contributed by atoms with van der Waals surface area (Å²) in [5.74, 6) is 3.35. The topological polar surface area (TPSA) is 26.3 Å². The summed E-state index contributed by atoms with van der Waals surface area (Å²) in [5.41, 5.74) is 1.76. The van der Waals surface area contributed by atoms with Crippen molar-refractivity contribution in [1.82, 2.24) is 0 Å². The Morgan fingerprint density at radius 2 is 1.91 bits per heavy atom. The van der Waals surface area contributed by atoms with Crippen molar-refractivity contribution in [3.05, 3.63) is 59.6 Å². The molecule has 2 aromatic rings. The highest BCUT2D eigenvalue weighted by Crippen LogP contribution is 2.41. The second-order valence-corrected chi connectivity index (χ2v) is 8.15. The lowest BCUT2D eigenvalue weighted by atomic mass is 10.1. The third-order valence-corrected chi connectivity index (χ3v) is 5.90. The van der Waals surface area contributed by atoms with Gasteiger partial charge in [-0.2, -0.15) is 0 Å². The van der Waals surface area contributed by atoms with Gasteiger partial charge in [-0.15, -0.1) is 6.42 Å². The fraction of sp³-hybridized carbons (Fsp3) is 0.0556. The molecule has 3 rings (SSSR count). The summed E-state index contributed by atoms with van der Waals surface area (Å²) < 4.78 is 7.52. The zero-order chi connectivity index (χ0) is 16.4. The van der Waals surface area contributed by atoms with Crippen LogP contribution < -0.4 is 4.74 Å². The molecule has 0 amide bonds. The van der Waals surface area contributed by atoms with E-state index in [1.807, 2.05) is 42.5 Å². The SMILES string of the molecule is C#CCOc1c(I)cc(/C=C2/Sc3ccccc3C2=O)cc1I. The zero-order valence-electron chi connectivity index (χ0n) is 11.8. The highest BCUT2D eigenvalue weighted by molar-refractivity contribution is 14.1. The average molecular weight is 544 g/mol. The number of fused-ring (bicyclic) bond motifs is 1. The van der Waals surface area contributed by atoms with Crippen molar-refractivity contribution in [2.24, 2.45) is 0 Å². The fourth-order valence-corrected chi connectivity index (χ4v) is 5.38. The van der Waals surface area contributed by atoms with Gasteiger partial charge in [-0.1, -0.05) is 29.8 Å². The normalized spacial score (nSPS) is 14.7. The maximum Gasteiger partial charge on any atom is 0.200 e. The van der Waals surface area contributed by atoms with Crippen LogP contribution in [0.25, 0.3) is 6.08 Å². The highest BCUT2D eigenvalue weighted by atomic mass is 127. The highest BCUT2D eigenvalue weighted by Gasteiger charge is 2.25. The molecule has 1 aliphatic heterocycles. The van der Waals surface area contributed by atoms with Gasteiger partial charge in [0.2, 0.25) is 5.78 Å². The van der Waals surface area contributed by atoms with Crippen LogP contribution in [0.3, 0.4) is 0 Å². The Kier molecular flexibility index (Phi) is 5.34. The lowest BCUT2D eigenvalue weighted by Gasteiger charge is -2.09. The van der Waals surface area contributed by atoms with Crippen LogP contribution in [0.5, 0.6) is 5.75 Å². The van der Waals surface area contributed by atoms with Gasteiger partial charge in [-0.05, 0) is 81.1 Å². The Balaban J connectivity index is 1.93. The average Bonchev–Trinajstić information content (AvgIpc) is 2.83. The zero-order valence-corrected chi connectivity index (χ0v) is 16.9. The summed E-state index contributed by atoms with van der Waals surface area (Å²) in [5, 5.41) is 0. The number of benzene rings is 2. The van der Waals surface area contributed by atoms with Gasteiger partial charge in [0, 0.05) is 10.5 Å². The maximum absolute atomic E-state index is 12.4. The van der Waals surface area contributed by atoms with Crippen molar-refractivity contribution in [3.8, 4) is 18.1 Å². The molecule has 0 unspecified atom stereocenters. The standard InChI is InChI=1S/C18H10I2O2S/c1-2-7-22-18-13(19)8-11(9-14(18)20)10-16-17(21)12-5-3-4-6-15(12)23-16/h1,3-6,8-10H,7H2/b16-10+. The summed E-state index contributed by atoms with van der Waals surface area (Å²) in [7, 11) is 0. The summed E-state index contributed by atoms with van der Waals surface area (Å²) in [4.78, 5) is 14.2. The Morgan fingerprint density at radius 1 is 1.22 bits per heavy atom. The number of carbonyl (C=O) groups is 1. The van der Waals surface area contributed by atoms with Crippen molar-refractivity contribution >= 4 is 68.8 Å². The van der Waals surface area contributed by atoms with E-state index in [9.17, 15) is 4.79 Å². The van der Waals surface area contributed by atoms with E-state index in [0.29, 0.717) is 0 Å². The molecule has 0 saturated carbocycles. The van der Waals surface area contributed by atoms with Crippen LogP contribution in [-0.2, 0) is 0 Å². The molecule has 0 fully saturated rings. The van der Waals surface area contributed by atoms with Gasteiger partial charge in [0.25, 0.3) is 0 Å². The number of hydrogen-bond donors (Lipinski definition) is 0. The van der Waals surface area contributed by atoms with Gasteiger partial charge >= 0.3 is 0 Å². The van der Waals surface area contributed by atoms with Crippen LogP contribution >= 0.6 is 56.9 Å². The molecule has 0 aromatic heterocycles. The lowest BCUT2D eigenvalue weighted by molar-refractivity contribution is 0.104. The number of terminal acetylenes is 1. The largest absolute Gasteiger partial charge is 0.479 e. The molecule has 0 spiro atoms. The summed E-state index contributed by atoms with van der Waals surface area (Å²) >= 11 is 5.97. The predicted molar refractivity (Wildman–Crippen MR) is 111 cm³/mol. The van der Waals surface area contributed by atoms with Crippen molar-refractivity contribution in [2.75, 3.05) is 6.61 Å². The van der Waals surface area contributed by atoms with Crippen molar-refractivity contribution in [2.45, 2.75) is 4.90 Å². The number of ketones is 1. The molecule has 0 N–H and O–H groups in total. The minimum Gasteiger partial charge on any atom is -0.479 e. The maximum atomic E-state index is 12.4.